The molecule has 0 atom stereocenters. The minimum absolute atomic E-state index is 0.939. The Morgan fingerprint density at radius 1 is 1.18 bits per heavy atom. The minimum atomic E-state index is 0.939. The molecular formula is C10H17N. The Morgan fingerprint density at radius 2 is 2.00 bits per heavy atom. The van der Waals surface area contributed by atoms with Gasteiger partial charge in [-0.05, 0) is 32.8 Å². The van der Waals surface area contributed by atoms with Gasteiger partial charge in [-0.25, -0.2) is 0 Å². The molecule has 0 aromatic rings. The Balaban J connectivity index is 3.13. The van der Waals surface area contributed by atoms with Crippen LogP contribution in [0.5, 0.6) is 0 Å². The lowest BCUT2D eigenvalue weighted by atomic mass is 10.3. The van der Waals surface area contributed by atoms with Crippen LogP contribution in [0.25, 0.3) is 0 Å². The van der Waals surface area contributed by atoms with Crippen LogP contribution in [0.15, 0.2) is 29.3 Å². The van der Waals surface area contributed by atoms with Crippen LogP contribution in [0.4, 0.5) is 0 Å². The Hall–Kier alpha value is -0.850. The summed E-state index contributed by atoms with van der Waals surface area (Å²) in [5.41, 5.74) is 0. The first-order valence-corrected chi connectivity index (χ1v) is 4.14. The van der Waals surface area contributed by atoms with Gasteiger partial charge in [0.05, 0.1) is 0 Å². The smallest absolute Gasteiger partial charge is 0.0392 e. The number of aliphatic imine (C=N–C) groups is 1. The van der Waals surface area contributed by atoms with Crippen LogP contribution in [0.1, 0.15) is 26.7 Å². The van der Waals surface area contributed by atoms with Gasteiger partial charge in [-0.1, -0.05) is 18.2 Å². The summed E-state index contributed by atoms with van der Waals surface area (Å²) in [7, 11) is 0. The van der Waals surface area contributed by atoms with E-state index in [-0.39, 0.29) is 0 Å². The highest BCUT2D eigenvalue weighted by molar-refractivity contribution is 5.70. The molecule has 0 N–H and O–H groups in total. The van der Waals surface area contributed by atoms with Crippen LogP contribution in [-0.2, 0) is 0 Å². The maximum atomic E-state index is 4.19. The molecular weight excluding hydrogens is 134 g/mol. The van der Waals surface area contributed by atoms with E-state index in [0.717, 1.165) is 19.4 Å². The Labute approximate surface area is 69.5 Å². The van der Waals surface area contributed by atoms with Gasteiger partial charge in [0.2, 0.25) is 0 Å². The van der Waals surface area contributed by atoms with Gasteiger partial charge < -0.3 is 0 Å². The van der Waals surface area contributed by atoms with E-state index >= 15 is 0 Å². The second kappa shape index (κ2) is 9.15. The molecule has 0 unspecified atom stereocenters. The van der Waals surface area contributed by atoms with Crippen molar-refractivity contribution < 1.29 is 0 Å². The van der Waals surface area contributed by atoms with Crippen LogP contribution < -0.4 is 0 Å². The monoisotopic (exact) mass is 151 g/mol. The molecule has 0 aliphatic carbocycles. The van der Waals surface area contributed by atoms with Gasteiger partial charge in [0.25, 0.3) is 0 Å². The molecule has 0 spiro atoms. The molecule has 0 saturated carbocycles. The first kappa shape index (κ1) is 10.2. The lowest BCUT2D eigenvalue weighted by molar-refractivity contribution is 0.858. The Kier molecular flexibility index (Phi) is 8.44. The fraction of sp³-hybridized carbons (Fsp3) is 0.500. The van der Waals surface area contributed by atoms with E-state index in [1.807, 2.05) is 32.2 Å². The number of unbranched alkanes of at least 4 members (excludes halogenated alkanes) is 1. The number of hydrogen-bond donors (Lipinski definition) is 0. The molecule has 1 nitrogen and oxygen atoms in total. The van der Waals surface area contributed by atoms with Gasteiger partial charge in [-0.2, -0.15) is 0 Å². The van der Waals surface area contributed by atoms with Crippen molar-refractivity contribution in [2.24, 2.45) is 4.99 Å². The third kappa shape index (κ3) is 9.15. The maximum absolute atomic E-state index is 4.19. The van der Waals surface area contributed by atoms with Crippen LogP contribution >= 0.6 is 0 Å². The van der Waals surface area contributed by atoms with Crippen molar-refractivity contribution in [1.82, 2.24) is 0 Å². The molecule has 1 heteroatoms. The van der Waals surface area contributed by atoms with E-state index in [1.54, 1.807) is 0 Å². The normalized spacial score (nSPS) is 12.5. The highest BCUT2D eigenvalue weighted by atomic mass is 14.7. The second-order valence-electron chi connectivity index (χ2n) is 2.29. The van der Waals surface area contributed by atoms with Crippen LogP contribution in [0.3, 0.4) is 0 Å². The fourth-order valence-electron chi connectivity index (χ4n) is 0.689. The summed E-state index contributed by atoms with van der Waals surface area (Å²) in [6, 6.07) is 0. The third-order valence-electron chi connectivity index (χ3n) is 1.28. The van der Waals surface area contributed by atoms with E-state index in [9.17, 15) is 0 Å². The minimum Gasteiger partial charge on any atom is -0.293 e. The summed E-state index contributed by atoms with van der Waals surface area (Å²) in [5, 5.41) is 0. The van der Waals surface area contributed by atoms with E-state index in [1.165, 1.54) is 0 Å². The predicted octanol–water partition coefficient (Wildman–Crippen LogP) is 2.99. The molecule has 0 bridgehead atoms. The van der Waals surface area contributed by atoms with E-state index in [4.69, 9.17) is 0 Å². The molecule has 62 valence electrons. The lowest BCUT2D eigenvalue weighted by Crippen LogP contribution is -1.78. The molecule has 0 aliphatic rings. The molecule has 0 radical (unpaired) electrons. The van der Waals surface area contributed by atoms with Crippen molar-refractivity contribution in [1.29, 1.82) is 0 Å². The largest absolute Gasteiger partial charge is 0.293 e. The van der Waals surface area contributed by atoms with Crippen LogP contribution in [-0.4, -0.2) is 12.8 Å². The van der Waals surface area contributed by atoms with E-state index < -0.39 is 0 Å². The standard InChI is InChI=1S/C10H17N/c1-3-5-7-8-10-11-9-6-4-2/h3-6,9H,7-8,10H2,1-2H3/b5-3+,6-4-,11-9?. The maximum Gasteiger partial charge on any atom is 0.0392 e. The summed E-state index contributed by atoms with van der Waals surface area (Å²) in [6.07, 6.45) is 12.3. The van der Waals surface area contributed by atoms with Crippen molar-refractivity contribution in [3.63, 3.8) is 0 Å². The topological polar surface area (TPSA) is 12.4 Å². The predicted molar refractivity (Wildman–Crippen MR) is 52.2 cm³/mol. The molecule has 0 amide bonds. The zero-order chi connectivity index (χ0) is 8.36. The number of rotatable bonds is 5. The van der Waals surface area contributed by atoms with E-state index in [0.29, 0.717) is 0 Å². The van der Waals surface area contributed by atoms with Gasteiger partial charge in [0.15, 0.2) is 0 Å². The lowest BCUT2D eigenvalue weighted by Gasteiger charge is -1.87. The zero-order valence-electron chi connectivity index (χ0n) is 7.46. The van der Waals surface area contributed by atoms with Gasteiger partial charge in [0, 0.05) is 12.8 Å². The Morgan fingerprint density at radius 3 is 2.64 bits per heavy atom. The molecule has 0 rings (SSSR count). The zero-order valence-corrected chi connectivity index (χ0v) is 7.46. The van der Waals surface area contributed by atoms with Crippen LogP contribution in [0, 0.1) is 0 Å². The summed E-state index contributed by atoms with van der Waals surface area (Å²) in [5.74, 6) is 0. The molecule has 0 heterocycles. The third-order valence-corrected chi connectivity index (χ3v) is 1.28. The van der Waals surface area contributed by atoms with Crippen molar-refractivity contribution in [2.75, 3.05) is 6.54 Å². The number of nitrogens with zero attached hydrogens (tertiary/aromatic N) is 1. The summed E-state index contributed by atoms with van der Waals surface area (Å²) in [4.78, 5) is 4.19. The molecule has 0 fully saturated rings. The molecule has 0 aromatic carbocycles. The second-order valence-corrected chi connectivity index (χ2v) is 2.29. The van der Waals surface area contributed by atoms with Gasteiger partial charge in [0.1, 0.15) is 0 Å². The summed E-state index contributed by atoms with van der Waals surface area (Å²) < 4.78 is 0. The average molecular weight is 151 g/mol. The summed E-state index contributed by atoms with van der Waals surface area (Å²) in [6.45, 7) is 4.98. The quantitative estimate of drug-likeness (QED) is 0.325. The number of allylic oxidation sites excluding steroid dienone is 4. The Bertz CT molecular complexity index is 143. The summed E-state index contributed by atoms with van der Waals surface area (Å²) >= 11 is 0. The fourth-order valence-corrected chi connectivity index (χ4v) is 0.689. The van der Waals surface area contributed by atoms with Gasteiger partial charge in [-0.15, -0.1) is 0 Å². The SMILES string of the molecule is C/C=C\C=NCCC/C=C/C. The van der Waals surface area contributed by atoms with Crippen molar-refractivity contribution >= 4 is 6.21 Å². The molecule has 0 aliphatic heterocycles. The highest BCUT2D eigenvalue weighted by Crippen LogP contribution is 1.90. The van der Waals surface area contributed by atoms with Crippen molar-refractivity contribution in [3.8, 4) is 0 Å². The first-order valence-electron chi connectivity index (χ1n) is 4.14. The molecule has 0 saturated heterocycles. The van der Waals surface area contributed by atoms with Crippen molar-refractivity contribution in [3.05, 3.63) is 24.3 Å². The highest BCUT2D eigenvalue weighted by Gasteiger charge is 1.77. The van der Waals surface area contributed by atoms with Crippen LogP contribution in [0.2, 0.25) is 0 Å². The first-order chi connectivity index (χ1) is 5.41. The van der Waals surface area contributed by atoms with E-state index in [2.05, 4.69) is 17.1 Å². The van der Waals surface area contributed by atoms with Gasteiger partial charge >= 0.3 is 0 Å². The molecule has 0 aromatic heterocycles. The number of hydrogen-bond acceptors (Lipinski definition) is 1. The average Bonchev–Trinajstić information content (AvgIpc) is 2.03. The van der Waals surface area contributed by atoms with Crippen molar-refractivity contribution in [2.45, 2.75) is 26.7 Å². The molecule has 11 heavy (non-hydrogen) atoms. The van der Waals surface area contributed by atoms with Gasteiger partial charge in [-0.3, -0.25) is 4.99 Å².